The van der Waals surface area contributed by atoms with E-state index in [2.05, 4.69) is 0 Å². The fourth-order valence-corrected chi connectivity index (χ4v) is 2.73. The molecule has 1 aliphatic heterocycles. The minimum absolute atomic E-state index is 0.00507. The molecule has 0 bridgehead atoms. The second-order valence-corrected chi connectivity index (χ2v) is 5.76. The van der Waals surface area contributed by atoms with E-state index in [1.807, 2.05) is 0 Å². The summed E-state index contributed by atoms with van der Waals surface area (Å²) in [7, 11) is 0. The van der Waals surface area contributed by atoms with Crippen LogP contribution in [0.3, 0.4) is 0 Å². The summed E-state index contributed by atoms with van der Waals surface area (Å²) >= 11 is 0. The van der Waals surface area contributed by atoms with Crippen LogP contribution in [0.25, 0.3) is 6.08 Å². The Bertz CT molecular complexity index is 903. The molecule has 0 radical (unpaired) electrons. The number of likely N-dealkylation sites (tertiary alicyclic amines) is 1. The van der Waals surface area contributed by atoms with E-state index < -0.39 is 28.4 Å². The number of non-ortho nitro benzene ring substituents is 1. The molecule has 0 aliphatic carbocycles. The number of Topliss-reactive ketones (excluding diaryl/α,β-unsaturated/α-hetero) is 1. The highest BCUT2D eigenvalue weighted by Crippen LogP contribution is 2.25. The van der Waals surface area contributed by atoms with Gasteiger partial charge in [0.05, 0.1) is 10.8 Å². The topological polar surface area (TPSA) is 97.6 Å². The van der Waals surface area contributed by atoms with Crippen LogP contribution in [-0.4, -0.2) is 34.0 Å². The molecule has 0 unspecified atom stereocenters. The first-order chi connectivity index (χ1) is 12.5. The van der Waals surface area contributed by atoms with Gasteiger partial charge in [0.1, 0.15) is 0 Å². The van der Waals surface area contributed by atoms with Gasteiger partial charge in [0.15, 0.2) is 0 Å². The minimum Gasteiger partial charge on any atom is -0.288 e. The average molecular weight is 350 g/mol. The van der Waals surface area contributed by atoms with Crippen LogP contribution in [0, 0.1) is 10.1 Å². The van der Waals surface area contributed by atoms with Crippen molar-refractivity contribution in [3.63, 3.8) is 0 Å². The Morgan fingerprint density at radius 1 is 1.08 bits per heavy atom. The first-order valence-electron chi connectivity index (χ1n) is 7.84. The van der Waals surface area contributed by atoms with Gasteiger partial charge in [-0.25, -0.2) is 0 Å². The predicted molar refractivity (Wildman–Crippen MR) is 93.0 cm³/mol. The number of carbonyl (C=O) groups is 3. The number of carbonyl (C=O) groups excluding carboxylic acids is 3. The van der Waals surface area contributed by atoms with E-state index in [4.69, 9.17) is 0 Å². The lowest BCUT2D eigenvalue weighted by Crippen LogP contribution is -2.32. The predicted octanol–water partition coefficient (Wildman–Crippen LogP) is 2.33. The SMILES string of the molecule is O=C1C(=O)N(C(=O)/C=C/c2ccc([N+](=O)[O-])cc2)C[C@H]1c1ccccc1. The van der Waals surface area contributed by atoms with Crippen molar-refractivity contribution in [1.29, 1.82) is 0 Å². The van der Waals surface area contributed by atoms with E-state index in [0.29, 0.717) is 11.1 Å². The van der Waals surface area contributed by atoms with Gasteiger partial charge in [-0.05, 0) is 29.3 Å². The third kappa shape index (κ3) is 3.41. The van der Waals surface area contributed by atoms with Crippen LogP contribution in [0.5, 0.6) is 0 Å². The summed E-state index contributed by atoms with van der Waals surface area (Å²) in [4.78, 5) is 47.6. The Balaban J connectivity index is 1.72. The molecule has 26 heavy (non-hydrogen) atoms. The Labute approximate surface area is 148 Å². The van der Waals surface area contributed by atoms with E-state index in [1.54, 1.807) is 30.3 Å². The zero-order chi connectivity index (χ0) is 18.7. The van der Waals surface area contributed by atoms with Crippen molar-refractivity contribution in [3.8, 4) is 0 Å². The van der Waals surface area contributed by atoms with Gasteiger partial charge >= 0.3 is 0 Å². The van der Waals surface area contributed by atoms with Crippen LogP contribution < -0.4 is 0 Å². The Kier molecular flexibility index (Phi) is 4.70. The maximum absolute atomic E-state index is 12.3. The number of rotatable bonds is 4. The number of hydrogen-bond acceptors (Lipinski definition) is 5. The summed E-state index contributed by atoms with van der Waals surface area (Å²) < 4.78 is 0. The van der Waals surface area contributed by atoms with Crippen LogP contribution in [0.1, 0.15) is 17.0 Å². The molecule has 2 aromatic carbocycles. The number of imide groups is 1. The molecule has 0 aromatic heterocycles. The second kappa shape index (κ2) is 7.10. The Morgan fingerprint density at radius 3 is 2.35 bits per heavy atom. The molecule has 1 heterocycles. The van der Waals surface area contributed by atoms with Crippen LogP contribution in [0.4, 0.5) is 5.69 Å². The maximum Gasteiger partial charge on any atom is 0.297 e. The monoisotopic (exact) mass is 350 g/mol. The highest BCUT2D eigenvalue weighted by Gasteiger charge is 2.41. The normalized spacial score (nSPS) is 17.1. The summed E-state index contributed by atoms with van der Waals surface area (Å²) in [5, 5.41) is 10.6. The Hall–Kier alpha value is -3.61. The van der Waals surface area contributed by atoms with Gasteiger partial charge in [0.25, 0.3) is 17.5 Å². The van der Waals surface area contributed by atoms with Crippen molar-refractivity contribution in [2.24, 2.45) is 0 Å². The van der Waals surface area contributed by atoms with Gasteiger partial charge in [0.2, 0.25) is 5.78 Å². The minimum atomic E-state index is -0.822. The lowest BCUT2D eigenvalue weighted by molar-refractivity contribution is -0.384. The molecule has 2 aromatic rings. The van der Waals surface area contributed by atoms with E-state index in [-0.39, 0.29) is 12.2 Å². The first-order valence-corrected chi connectivity index (χ1v) is 7.84. The summed E-state index contributed by atoms with van der Waals surface area (Å²) in [6, 6.07) is 14.5. The quantitative estimate of drug-likeness (QED) is 0.365. The van der Waals surface area contributed by atoms with Crippen molar-refractivity contribution in [2.45, 2.75) is 5.92 Å². The van der Waals surface area contributed by atoms with Crippen LogP contribution in [-0.2, 0) is 14.4 Å². The molecule has 7 heteroatoms. The number of nitro groups is 1. The standard InChI is InChI=1S/C19H14N2O5/c22-17(11-8-13-6-9-15(10-7-13)21(25)26)20-12-16(18(23)19(20)24)14-4-2-1-3-5-14/h1-11,16H,12H2/b11-8+/t16-/m0/s1. The molecule has 7 nitrogen and oxygen atoms in total. The Morgan fingerprint density at radius 2 is 1.73 bits per heavy atom. The molecule has 0 spiro atoms. The molecule has 3 rings (SSSR count). The summed E-state index contributed by atoms with van der Waals surface area (Å²) in [6.07, 6.45) is 2.62. The average Bonchev–Trinajstić information content (AvgIpc) is 2.96. The van der Waals surface area contributed by atoms with Crippen LogP contribution in [0.2, 0.25) is 0 Å². The fraction of sp³-hybridized carbons (Fsp3) is 0.105. The molecule has 0 saturated carbocycles. The van der Waals surface area contributed by atoms with Gasteiger partial charge in [-0.15, -0.1) is 0 Å². The summed E-state index contributed by atoms with van der Waals surface area (Å²) in [5.74, 6) is -2.67. The second-order valence-electron chi connectivity index (χ2n) is 5.76. The maximum atomic E-state index is 12.3. The number of hydrogen-bond donors (Lipinski definition) is 0. The van der Waals surface area contributed by atoms with E-state index in [9.17, 15) is 24.5 Å². The third-order valence-corrected chi connectivity index (χ3v) is 4.13. The molecule has 1 saturated heterocycles. The molecule has 0 N–H and O–H groups in total. The third-order valence-electron chi connectivity index (χ3n) is 4.13. The lowest BCUT2D eigenvalue weighted by Gasteiger charge is -2.11. The van der Waals surface area contributed by atoms with E-state index in [1.165, 1.54) is 36.4 Å². The van der Waals surface area contributed by atoms with Crippen molar-refractivity contribution in [1.82, 2.24) is 4.90 Å². The van der Waals surface area contributed by atoms with Crippen LogP contribution >= 0.6 is 0 Å². The van der Waals surface area contributed by atoms with E-state index in [0.717, 1.165) is 4.90 Å². The molecule has 2 amide bonds. The number of amides is 2. The van der Waals surface area contributed by atoms with Crippen molar-refractivity contribution in [3.05, 3.63) is 81.9 Å². The molecule has 1 atom stereocenters. The fourth-order valence-electron chi connectivity index (χ4n) is 2.73. The molecular weight excluding hydrogens is 336 g/mol. The highest BCUT2D eigenvalue weighted by atomic mass is 16.6. The zero-order valence-corrected chi connectivity index (χ0v) is 13.6. The lowest BCUT2D eigenvalue weighted by atomic mass is 9.97. The largest absolute Gasteiger partial charge is 0.297 e. The molecular formula is C19H14N2O5. The van der Waals surface area contributed by atoms with Gasteiger partial charge in [0, 0.05) is 24.8 Å². The first kappa shape index (κ1) is 17.2. The summed E-state index contributed by atoms with van der Waals surface area (Å²) in [5.41, 5.74) is 1.21. The van der Waals surface area contributed by atoms with Gasteiger partial charge in [-0.3, -0.25) is 29.4 Å². The number of benzene rings is 2. The van der Waals surface area contributed by atoms with Crippen molar-refractivity contribution in [2.75, 3.05) is 6.54 Å². The number of nitro benzene ring substituents is 1. The molecule has 1 aliphatic rings. The van der Waals surface area contributed by atoms with Crippen molar-refractivity contribution < 1.29 is 19.3 Å². The van der Waals surface area contributed by atoms with Crippen molar-refractivity contribution >= 4 is 29.4 Å². The number of nitrogens with zero attached hydrogens (tertiary/aromatic N) is 2. The van der Waals surface area contributed by atoms with Gasteiger partial charge in [-0.2, -0.15) is 0 Å². The highest BCUT2D eigenvalue weighted by molar-refractivity contribution is 6.43. The number of ketones is 1. The van der Waals surface area contributed by atoms with Gasteiger partial charge in [-0.1, -0.05) is 30.3 Å². The molecule has 130 valence electrons. The smallest absolute Gasteiger partial charge is 0.288 e. The summed E-state index contributed by atoms with van der Waals surface area (Å²) in [6.45, 7) is 0.00507. The van der Waals surface area contributed by atoms with E-state index >= 15 is 0 Å². The van der Waals surface area contributed by atoms with Crippen LogP contribution in [0.15, 0.2) is 60.7 Å². The zero-order valence-electron chi connectivity index (χ0n) is 13.6. The molecule has 1 fully saturated rings. The van der Waals surface area contributed by atoms with Gasteiger partial charge < -0.3 is 0 Å².